The van der Waals surface area contributed by atoms with Crippen LogP contribution in [0.3, 0.4) is 0 Å². The minimum atomic E-state index is -0.919. The first kappa shape index (κ1) is 21.7. The second-order valence-corrected chi connectivity index (χ2v) is 8.31. The summed E-state index contributed by atoms with van der Waals surface area (Å²) in [6, 6.07) is 11.4. The van der Waals surface area contributed by atoms with E-state index in [0.29, 0.717) is 24.1 Å². The predicted molar refractivity (Wildman–Crippen MR) is 120 cm³/mol. The number of rotatable bonds is 10. The number of nitrogens with zero attached hydrogens (tertiary/aromatic N) is 2. The Hall–Kier alpha value is -2.99. The number of carboxylic acids is 1. The summed E-state index contributed by atoms with van der Waals surface area (Å²) in [6.45, 7) is 4.27. The number of hydrogen-bond acceptors (Lipinski definition) is 4. The van der Waals surface area contributed by atoms with Crippen LogP contribution in [0.2, 0.25) is 0 Å². The number of hydrogen-bond donors (Lipinski definition) is 1. The normalized spacial score (nSPS) is 11.6. The van der Waals surface area contributed by atoms with Crippen LogP contribution >= 0.6 is 11.3 Å². The van der Waals surface area contributed by atoms with Gasteiger partial charge in [-0.1, -0.05) is 43.7 Å². The number of Topliss-reactive ketones (excluding diaryl/α,β-unsaturated/α-hetero) is 1. The van der Waals surface area contributed by atoms with Crippen molar-refractivity contribution in [2.24, 2.45) is 0 Å². The van der Waals surface area contributed by atoms with E-state index in [1.54, 1.807) is 30.5 Å². The Morgan fingerprint density at radius 3 is 2.57 bits per heavy atom. The quantitative estimate of drug-likeness (QED) is 0.358. The third-order valence-corrected chi connectivity index (χ3v) is 5.84. The summed E-state index contributed by atoms with van der Waals surface area (Å²) in [7, 11) is 0. The second kappa shape index (κ2) is 10.2. The van der Waals surface area contributed by atoms with E-state index in [0.717, 1.165) is 41.2 Å². The number of unbranched alkanes of at least 4 members (excludes halogenated alkanes) is 1. The van der Waals surface area contributed by atoms with Gasteiger partial charge in [0.1, 0.15) is 5.82 Å². The average Bonchev–Trinajstić information content (AvgIpc) is 3.37. The van der Waals surface area contributed by atoms with E-state index in [1.165, 1.54) is 0 Å². The number of ketones is 1. The number of thiophene rings is 1. The van der Waals surface area contributed by atoms with Crippen LogP contribution in [-0.2, 0) is 24.2 Å². The molecule has 0 bridgehead atoms. The molecular weight excluding hydrogens is 396 g/mol. The van der Waals surface area contributed by atoms with Gasteiger partial charge in [0.05, 0.1) is 11.9 Å². The maximum atomic E-state index is 11.9. The number of carbonyl (C=O) groups is 2. The molecule has 5 nitrogen and oxygen atoms in total. The molecule has 0 radical (unpaired) electrons. The molecule has 3 aromatic rings. The van der Waals surface area contributed by atoms with Crippen molar-refractivity contribution in [1.29, 1.82) is 0 Å². The largest absolute Gasteiger partial charge is 0.478 e. The topological polar surface area (TPSA) is 72.2 Å². The smallest absolute Gasteiger partial charge is 0.332 e. The van der Waals surface area contributed by atoms with Crippen molar-refractivity contribution >= 4 is 29.2 Å². The van der Waals surface area contributed by atoms with Crippen LogP contribution in [0.1, 0.15) is 59.0 Å². The van der Waals surface area contributed by atoms with E-state index < -0.39 is 5.97 Å². The molecule has 0 unspecified atom stereocenters. The van der Waals surface area contributed by atoms with Gasteiger partial charge in [-0.15, -0.1) is 11.3 Å². The molecule has 0 saturated heterocycles. The monoisotopic (exact) mass is 422 g/mol. The molecular formula is C24H26N2O3S. The molecule has 0 saturated carbocycles. The highest BCUT2D eigenvalue weighted by Crippen LogP contribution is 2.20. The standard InChI is InChI=1S/C24H26N2O3S/c1-3-4-7-23-25-15-21(13-20(24(28)29)14-22-6-5-12-30-22)26(23)16-18-8-10-19(11-9-18)17(2)27/h5-6,8-13,15H,3-4,7,14,16H2,1-2H3,(H,28,29)/b20-13+. The molecule has 2 heterocycles. The highest BCUT2D eigenvalue weighted by Gasteiger charge is 2.14. The average molecular weight is 423 g/mol. The van der Waals surface area contributed by atoms with Crippen LogP contribution in [0.5, 0.6) is 0 Å². The first-order valence-electron chi connectivity index (χ1n) is 10.1. The summed E-state index contributed by atoms with van der Waals surface area (Å²) in [4.78, 5) is 29.0. The lowest BCUT2D eigenvalue weighted by atomic mass is 10.1. The van der Waals surface area contributed by atoms with Crippen LogP contribution in [0.25, 0.3) is 6.08 Å². The number of aryl methyl sites for hydroxylation is 1. The summed E-state index contributed by atoms with van der Waals surface area (Å²) in [5, 5.41) is 11.7. The molecule has 0 aliphatic heterocycles. The van der Waals surface area contributed by atoms with E-state index in [2.05, 4.69) is 16.5 Å². The van der Waals surface area contributed by atoms with Gasteiger partial charge in [0.2, 0.25) is 0 Å². The zero-order chi connectivity index (χ0) is 21.5. The molecule has 0 spiro atoms. The number of carbonyl (C=O) groups excluding carboxylic acids is 1. The molecule has 0 atom stereocenters. The highest BCUT2D eigenvalue weighted by atomic mass is 32.1. The number of aliphatic carboxylic acids is 1. The third kappa shape index (κ3) is 5.54. The highest BCUT2D eigenvalue weighted by molar-refractivity contribution is 7.09. The van der Waals surface area contributed by atoms with E-state index in [9.17, 15) is 14.7 Å². The minimum absolute atomic E-state index is 0.0381. The van der Waals surface area contributed by atoms with Gasteiger partial charge in [0, 0.05) is 35.4 Å². The summed E-state index contributed by atoms with van der Waals surface area (Å²) >= 11 is 1.55. The molecule has 156 valence electrons. The van der Waals surface area contributed by atoms with Gasteiger partial charge in [0.25, 0.3) is 0 Å². The van der Waals surface area contributed by atoms with E-state index >= 15 is 0 Å². The Balaban J connectivity index is 1.94. The Morgan fingerprint density at radius 2 is 1.97 bits per heavy atom. The second-order valence-electron chi connectivity index (χ2n) is 7.27. The molecule has 1 aromatic carbocycles. The molecule has 0 aliphatic rings. The summed E-state index contributed by atoms with van der Waals surface area (Å²) in [5.41, 5.74) is 2.85. The number of carboxylic acid groups (broad SMARTS) is 1. The Labute approximate surface area is 180 Å². The minimum Gasteiger partial charge on any atom is -0.478 e. The Kier molecular flexibility index (Phi) is 7.36. The first-order valence-corrected chi connectivity index (χ1v) is 11.0. The molecule has 0 aliphatic carbocycles. The fraction of sp³-hybridized carbons (Fsp3) is 0.292. The third-order valence-electron chi connectivity index (χ3n) is 4.97. The van der Waals surface area contributed by atoms with Gasteiger partial charge in [0.15, 0.2) is 5.78 Å². The van der Waals surface area contributed by atoms with Crippen molar-refractivity contribution in [2.45, 2.75) is 46.1 Å². The van der Waals surface area contributed by atoms with Crippen LogP contribution in [-0.4, -0.2) is 26.4 Å². The molecule has 6 heteroatoms. The van der Waals surface area contributed by atoms with E-state index in [-0.39, 0.29) is 5.78 Å². The van der Waals surface area contributed by atoms with Gasteiger partial charge in [-0.2, -0.15) is 0 Å². The maximum Gasteiger partial charge on any atom is 0.332 e. The maximum absolute atomic E-state index is 11.9. The number of imidazole rings is 1. The van der Waals surface area contributed by atoms with Gasteiger partial charge in [-0.3, -0.25) is 4.79 Å². The Morgan fingerprint density at radius 1 is 1.20 bits per heavy atom. The predicted octanol–water partition coefficient (Wildman–Crippen LogP) is 5.25. The molecule has 0 fully saturated rings. The summed E-state index contributed by atoms with van der Waals surface area (Å²) < 4.78 is 2.08. The summed E-state index contributed by atoms with van der Waals surface area (Å²) in [5.74, 6) is 0.0628. The van der Waals surface area contributed by atoms with Crippen molar-refractivity contribution in [2.75, 3.05) is 0 Å². The first-order chi connectivity index (χ1) is 14.5. The van der Waals surface area contributed by atoms with Crippen molar-refractivity contribution in [1.82, 2.24) is 9.55 Å². The number of benzene rings is 1. The zero-order valence-electron chi connectivity index (χ0n) is 17.3. The van der Waals surface area contributed by atoms with Crippen LogP contribution in [0.15, 0.2) is 53.5 Å². The van der Waals surface area contributed by atoms with E-state index in [4.69, 9.17) is 0 Å². The molecule has 2 aromatic heterocycles. The van der Waals surface area contributed by atoms with Crippen molar-refractivity contribution in [3.63, 3.8) is 0 Å². The Bertz CT molecular complexity index is 1030. The lowest BCUT2D eigenvalue weighted by Crippen LogP contribution is -2.09. The van der Waals surface area contributed by atoms with Gasteiger partial charge in [-0.05, 0) is 36.4 Å². The van der Waals surface area contributed by atoms with Crippen LogP contribution in [0.4, 0.5) is 0 Å². The van der Waals surface area contributed by atoms with Crippen LogP contribution < -0.4 is 0 Å². The SMILES string of the molecule is CCCCc1ncc(/C=C(\Cc2cccs2)C(=O)O)n1Cc1ccc(C(C)=O)cc1. The molecule has 3 rings (SSSR count). The lowest BCUT2D eigenvalue weighted by molar-refractivity contribution is -0.132. The van der Waals surface area contributed by atoms with Crippen molar-refractivity contribution < 1.29 is 14.7 Å². The number of aromatic nitrogens is 2. The lowest BCUT2D eigenvalue weighted by Gasteiger charge is -2.12. The van der Waals surface area contributed by atoms with Gasteiger partial charge in [-0.25, -0.2) is 9.78 Å². The molecule has 30 heavy (non-hydrogen) atoms. The molecule has 0 amide bonds. The van der Waals surface area contributed by atoms with Crippen molar-refractivity contribution in [3.8, 4) is 0 Å². The zero-order valence-corrected chi connectivity index (χ0v) is 18.1. The van der Waals surface area contributed by atoms with Gasteiger partial charge < -0.3 is 9.67 Å². The fourth-order valence-electron chi connectivity index (χ4n) is 3.26. The van der Waals surface area contributed by atoms with Crippen LogP contribution in [0, 0.1) is 0 Å². The van der Waals surface area contributed by atoms with Crippen molar-refractivity contribution in [3.05, 3.63) is 81.1 Å². The molecule has 1 N–H and O–H groups in total. The van der Waals surface area contributed by atoms with E-state index in [1.807, 2.05) is 41.8 Å². The fourth-order valence-corrected chi connectivity index (χ4v) is 3.98. The van der Waals surface area contributed by atoms with Gasteiger partial charge >= 0.3 is 5.97 Å². The summed E-state index contributed by atoms with van der Waals surface area (Å²) in [6.07, 6.45) is 6.79.